The molecule has 2 saturated heterocycles. The molecule has 7 heteroatoms. The monoisotopic (exact) mass is 436 g/mol. The van der Waals surface area contributed by atoms with Crippen LogP contribution in [0.2, 0.25) is 0 Å². The van der Waals surface area contributed by atoms with Gasteiger partial charge in [-0.3, -0.25) is 9.69 Å². The fraction of sp³-hybridized carbons (Fsp3) is 0.560. The molecule has 4 heterocycles. The highest BCUT2D eigenvalue weighted by Gasteiger charge is 2.30. The number of ether oxygens (including phenoxy) is 2. The van der Waals surface area contributed by atoms with E-state index in [1.807, 2.05) is 11.8 Å². The van der Waals surface area contributed by atoms with E-state index in [0.29, 0.717) is 36.7 Å². The molecular weight excluding hydrogens is 404 g/mol. The molecule has 1 aromatic heterocycles. The number of amides is 1. The largest absolute Gasteiger partial charge is 0.474 e. The van der Waals surface area contributed by atoms with Crippen molar-refractivity contribution in [1.82, 2.24) is 19.8 Å². The third-order valence-corrected chi connectivity index (χ3v) is 6.92. The number of aromatic nitrogens is 2. The number of benzene rings is 1. The van der Waals surface area contributed by atoms with Crippen LogP contribution in [0.25, 0.3) is 0 Å². The molecule has 0 spiro atoms. The minimum atomic E-state index is -0.0187. The second-order valence-corrected chi connectivity index (χ2v) is 9.08. The molecule has 3 aliphatic heterocycles. The number of hydrogen-bond acceptors (Lipinski definition) is 6. The average Bonchev–Trinajstić information content (AvgIpc) is 2.84. The van der Waals surface area contributed by atoms with Crippen molar-refractivity contribution < 1.29 is 14.3 Å². The van der Waals surface area contributed by atoms with Crippen LogP contribution in [-0.4, -0.2) is 70.7 Å². The maximum absolute atomic E-state index is 13.2. The fourth-order valence-electron chi connectivity index (χ4n) is 5.10. The summed E-state index contributed by atoms with van der Waals surface area (Å²) in [7, 11) is 0. The van der Waals surface area contributed by atoms with Crippen molar-refractivity contribution >= 4 is 5.91 Å². The first kappa shape index (κ1) is 21.3. The van der Waals surface area contributed by atoms with Crippen molar-refractivity contribution in [1.29, 1.82) is 0 Å². The summed E-state index contributed by atoms with van der Waals surface area (Å²) in [6.07, 6.45) is 4.91. The molecule has 2 aromatic rings. The highest BCUT2D eigenvalue weighted by atomic mass is 16.5. The van der Waals surface area contributed by atoms with Crippen molar-refractivity contribution in [2.24, 2.45) is 0 Å². The van der Waals surface area contributed by atoms with Crippen LogP contribution >= 0.6 is 0 Å². The molecular formula is C25H32N4O3. The number of nitrogens with zero attached hydrogens (tertiary/aromatic N) is 4. The van der Waals surface area contributed by atoms with E-state index in [1.54, 1.807) is 6.07 Å². The fourth-order valence-corrected chi connectivity index (χ4v) is 5.10. The third-order valence-electron chi connectivity index (χ3n) is 6.92. The summed E-state index contributed by atoms with van der Waals surface area (Å²) in [6, 6.07) is 11.0. The summed E-state index contributed by atoms with van der Waals surface area (Å²) in [5.41, 5.74) is 3.37. The van der Waals surface area contributed by atoms with E-state index in [2.05, 4.69) is 39.1 Å². The average molecular weight is 437 g/mol. The van der Waals surface area contributed by atoms with Gasteiger partial charge in [-0.1, -0.05) is 24.3 Å². The molecule has 0 radical (unpaired) electrons. The molecule has 0 aliphatic carbocycles. The quantitative estimate of drug-likeness (QED) is 0.734. The number of aryl methyl sites for hydroxylation is 1. The van der Waals surface area contributed by atoms with E-state index in [-0.39, 0.29) is 12.0 Å². The van der Waals surface area contributed by atoms with E-state index in [0.717, 1.165) is 58.3 Å². The minimum Gasteiger partial charge on any atom is -0.474 e. The van der Waals surface area contributed by atoms with Gasteiger partial charge in [-0.15, -0.1) is 0 Å². The second-order valence-electron chi connectivity index (χ2n) is 9.08. The van der Waals surface area contributed by atoms with Crippen LogP contribution in [0.15, 0.2) is 30.3 Å². The topological polar surface area (TPSA) is 67.8 Å². The lowest BCUT2D eigenvalue weighted by molar-refractivity contribution is 0.0235. The molecule has 0 atom stereocenters. The van der Waals surface area contributed by atoms with Crippen molar-refractivity contribution in [3.05, 3.63) is 53.0 Å². The number of rotatable bonds is 4. The highest BCUT2D eigenvalue weighted by Crippen LogP contribution is 2.26. The van der Waals surface area contributed by atoms with E-state index in [9.17, 15) is 4.79 Å². The van der Waals surface area contributed by atoms with Crippen LogP contribution in [0.3, 0.4) is 0 Å². The highest BCUT2D eigenvalue weighted by molar-refractivity contribution is 5.92. The van der Waals surface area contributed by atoms with Gasteiger partial charge >= 0.3 is 0 Å². The van der Waals surface area contributed by atoms with Crippen molar-refractivity contribution in [2.75, 3.05) is 32.8 Å². The maximum atomic E-state index is 13.2. The van der Waals surface area contributed by atoms with Gasteiger partial charge in [0.25, 0.3) is 5.91 Å². The van der Waals surface area contributed by atoms with Gasteiger partial charge in [0.2, 0.25) is 5.88 Å². The zero-order valence-electron chi connectivity index (χ0n) is 18.8. The summed E-state index contributed by atoms with van der Waals surface area (Å²) >= 11 is 0. The van der Waals surface area contributed by atoms with Crippen LogP contribution in [-0.2, 0) is 17.7 Å². The first-order valence-corrected chi connectivity index (χ1v) is 11.9. The Morgan fingerprint density at radius 2 is 1.78 bits per heavy atom. The Kier molecular flexibility index (Phi) is 6.37. The Morgan fingerprint density at radius 1 is 1.03 bits per heavy atom. The number of carbonyl (C=O) groups is 1. The van der Waals surface area contributed by atoms with Gasteiger partial charge in [0.05, 0.1) is 13.2 Å². The summed E-state index contributed by atoms with van der Waals surface area (Å²) in [5.74, 6) is 1.05. The van der Waals surface area contributed by atoms with Crippen LogP contribution < -0.4 is 4.74 Å². The summed E-state index contributed by atoms with van der Waals surface area (Å²) in [4.78, 5) is 26.5. The van der Waals surface area contributed by atoms with E-state index >= 15 is 0 Å². The first-order chi connectivity index (χ1) is 15.7. The molecule has 0 bridgehead atoms. The minimum absolute atomic E-state index is 0.0187. The predicted octanol–water partition coefficient (Wildman–Crippen LogP) is 3.01. The number of hydrogen-bond donors (Lipinski definition) is 0. The molecule has 0 unspecified atom stereocenters. The molecule has 2 fully saturated rings. The van der Waals surface area contributed by atoms with Gasteiger partial charge in [0.1, 0.15) is 17.6 Å². The molecule has 0 saturated carbocycles. The normalized spacial score (nSPS) is 20.7. The molecule has 1 aromatic carbocycles. The standard InChI is InChI=1S/C25H32N4O3/c1-18-26-23(16-24(27-18)32-22-9-14-31-15-10-22)25(30)28-12-7-21(8-13-28)29-11-6-19-4-2-3-5-20(19)17-29/h2-5,16,21-22H,6-15,17H2,1H3. The van der Waals surface area contributed by atoms with Gasteiger partial charge in [-0.2, -0.15) is 4.98 Å². The Balaban J connectivity index is 1.19. The van der Waals surface area contributed by atoms with Gasteiger partial charge in [-0.25, -0.2) is 4.98 Å². The van der Waals surface area contributed by atoms with Crippen LogP contribution in [0.5, 0.6) is 5.88 Å². The third kappa shape index (κ3) is 4.79. The van der Waals surface area contributed by atoms with Crippen molar-refractivity contribution in [2.45, 2.75) is 57.7 Å². The molecule has 170 valence electrons. The lowest BCUT2D eigenvalue weighted by Crippen LogP contribution is -2.48. The van der Waals surface area contributed by atoms with E-state index < -0.39 is 0 Å². The lowest BCUT2D eigenvalue weighted by Gasteiger charge is -2.40. The van der Waals surface area contributed by atoms with Crippen LogP contribution in [0, 0.1) is 6.92 Å². The maximum Gasteiger partial charge on any atom is 0.272 e. The smallest absolute Gasteiger partial charge is 0.272 e. The Labute approximate surface area is 189 Å². The molecule has 7 nitrogen and oxygen atoms in total. The van der Waals surface area contributed by atoms with Gasteiger partial charge in [-0.05, 0) is 37.3 Å². The van der Waals surface area contributed by atoms with Crippen molar-refractivity contribution in [3.63, 3.8) is 0 Å². The van der Waals surface area contributed by atoms with E-state index in [4.69, 9.17) is 9.47 Å². The SMILES string of the molecule is Cc1nc(OC2CCOCC2)cc(C(=O)N2CCC(N3CCc4ccccc4C3)CC2)n1. The summed E-state index contributed by atoms with van der Waals surface area (Å²) in [5, 5.41) is 0. The molecule has 3 aliphatic rings. The zero-order valence-corrected chi connectivity index (χ0v) is 18.8. The Morgan fingerprint density at radius 3 is 2.56 bits per heavy atom. The Bertz CT molecular complexity index is 952. The second kappa shape index (κ2) is 9.55. The molecule has 5 rings (SSSR count). The Hall–Kier alpha value is -2.51. The molecule has 1 amide bonds. The number of piperidine rings is 1. The van der Waals surface area contributed by atoms with Gasteiger partial charge < -0.3 is 14.4 Å². The summed E-state index contributed by atoms with van der Waals surface area (Å²) in [6.45, 7) is 6.88. The zero-order chi connectivity index (χ0) is 21.9. The first-order valence-electron chi connectivity index (χ1n) is 11.9. The predicted molar refractivity (Wildman–Crippen MR) is 121 cm³/mol. The molecule has 32 heavy (non-hydrogen) atoms. The van der Waals surface area contributed by atoms with Gasteiger partial charge in [0.15, 0.2) is 0 Å². The number of likely N-dealkylation sites (tertiary alicyclic amines) is 1. The van der Waals surface area contributed by atoms with E-state index in [1.165, 1.54) is 11.1 Å². The van der Waals surface area contributed by atoms with Gasteiger partial charge in [0, 0.05) is 51.1 Å². The molecule has 0 N–H and O–H groups in total. The summed E-state index contributed by atoms with van der Waals surface area (Å²) < 4.78 is 11.4. The number of fused-ring (bicyclic) bond motifs is 1. The lowest BCUT2D eigenvalue weighted by atomic mass is 9.95. The van der Waals surface area contributed by atoms with Crippen molar-refractivity contribution in [3.8, 4) is 5.88 Å². The van der Waals surface area contributed by atoms with Crippen LogP contribution in [0.1, 0.15) is 53.1 Å². The number of carbonyl (C=O) groups excluding carboxylic acids is 1. The van der Waals surface area contributed by atoms with Crippen LogP contribution in [0.4, 0.5) is 0 Å².